The molecule has 1 aromatic heterocycles. The van der Waals surface area contributed by atoms with Crippen molar-refractivity contribution in [1.29, 1.82) is 0 Å². The number of aromatic nitrogens is 1. The molecule has 0 bridgehead atoms. The van der Waals surface area contributed by atoms with Crippen molar-refractivity contribution in [1.82, 2.24) is 10.3 Å². The number of nitrogens with two attached hydrogens (primary N) is 1. The second-order valence-electron chi connectivity index (χ2n) is 5.72. The third kappa shape index (κ3) is 7.00. The molecule has 3 N–H and O–H groups in total. The number of carbonyl (C=O) groups is 2. The van der Waals surface area contributed by atoms with E-state index in [0.717, 1.165) is 11.3 Å². The van der Waals surface area contributed by atoms with Gasteiger partial charge >= 0.3 is 0 Å². The van der Waals surface area contributed by atoms with E-state index in [1.165, 1.54) is 0 Å². The normalized spacial score (nSPS) is 10.7. The highest BCUT2D eigenvalue weighted by Crippen LogP contribution is 2.16. The van der Waals surface area contributed by atoms with Gasteiger partial charge in [0.2, 0.25) is 5.91 Å². The van der Waals surface area contributed by atoms with Crippen LogP contribution < -0.4 is 16.0 Å². The molecule has 0 radical (unpaired) electrons. The average molecular weight is 399 g/mol. The molecule has 6 nitrogen and oxygen atoms in total. The van der Waals surface area contributed by atoms with Gasteiger partial charge in [0, 0.05) is 49.7 Å². The molecule has 8 heteroatoms. The summed E-state index contributed by atoms with van der Waals surface area (Å²) in [6.45, 7) is 2.23. The Morgan fingerprint density at radius 2 is 1.69 bits per heavy atom. The number of anilines is 1. The van der Waals surface area contributed by atoms with Crippen LogP contribution in [0.2, 0.25) is 0 Å². The molecule has 2 aromatic rings. The van der Waals surface area contributed by atoms with Gasteiger partial charge in [0.15, 0.2) is 0 Å². The van der Waals surface area contributed by atoms with Crippen molar-refractivity contribution in [2.45, 2.75) is 25.9 Å². The van der Waals surface area contributed by atoms with Crippen LogP contribution in [0.1, 0.15) is 29.3 Å². The zero-order valence-corrected chi connectivity index (χ0v) is 16.3. The first-order valence-corrected chi connectivity index (χ1v) is 7.76. The Labute approximate surface area is 166 Å². The number of nitrogens with one attached hydrogen (secondary N) is 1. The topological polar surface area (TPSA) is 88.3 Å². The van der Waals surface area contributed by atoms with Crippen LogP contribution in [0.25, 0.3) is 0 Å². The van der Waals surface area contributed by atoms with Crippen molar-refractivity contribution in [3.05, 3.63) is 59.9 Å². The second kappa shape index (κ2) is 11.5. The predicted molar refractivity (Wildman–Crippen MR) is 108 cm³/mol. The highest BCUT2D eigenvalue weighted by molar-refractivity contribution is 6.05. The lowest BCUT2D eigenvalue weighted by Crippen LogP contribution is -2.29. The van der Waals surface area contributed by atoms with Crippen LogP contribution in [0.3, 0.4) is 0 Å². The van der Waals surface area contributed by atoms with E-state index in [0.29, 0.717) is 18.5 Å². The minimum Gasteiger partial charge on any atom is -0.352 e. The third-order valence-electron chi connectivity index (χ3n) is 3.55. The smallest absolute Gasteiger partial charge is 0.258 e. The van der Waals surface area contributed by atoms with Crippen LogP contribution in [-0.2, 0) is 11.3 Å². The van der Waals surface area contributed by atoms with E-state index < -0.39 is 0 Å². The predicted octanol–water partition coefficient (Wildman–Crippen LogP) is 2.56. The van der Waals surface area contributed by atoms with Crippen LogP contribution >= 0.6 is 24.8 Å². The number of nitrogens with zero attached hydrogens (tertiary/aromatic N) is 2. The van der Waals surface area contributed by atoms with Crippen molar-refractivity contribution in [2.24, 2.45) is 5.73 Å². The number of hydrogen-bond donors (Lipinski definition) is 2. The monoisotopic (exact) mass is 398 g/mol. The molecule has 0 saturated carbocycles. The lowest BCUT2D eigenvalue weighted by Gasteiger charge is -2.18. The minimum absolute atomic E-state index is 0. The van der Waals surface area contributed by atoms with Crippen molar-refractivity contribution < 1.29 is 9.59 Å². The fraction of sp³-hybridized carbons (Fsp3) is 0.278. The standard InChI is InChI=1S/C18H22N4O2.2ClH/c1-13(19)11-17(23)21-12-14-3-5-16(6-4-14)22(2)18(24)15-7-9-20-10-8-15;;/h3-10,13H,11-12,19H2,1-2H3,(H,21,23);2*1H. The number of pyridine rings is 1. The maximum absolute atomic E-state index is 12.4. The highest BCUT2D eigenvalue weighted by atomic mass is 35.5. The Kier molecular flexibility index (Phi) is 10.5. The molecule has 1 aromatic carbocycles. The molecule has 2 rings (SSSR count). The highest BCUT2D eigenvalue weighted by Gasteiger charge is 2.13. The van der Waals surface area contributed by atoms with Gasteiger partial charge in [0.05, 0.1) is 0 Å². The third-order valence-corrected chi connectivity index (χ3v) is 3.55. The first-order valence-electron chi connectivity index (χ1n) is 7.76. The van der Waals surface area contributed by atoms with Gasteiger partial charge in [-0.2, -0.15) is 0 Å². The molecule has 0 fully saturated rings. The van der Waals surface area contributed by atoms with E-state index in [4.69, 9.17) is 5.73 Å². The average Bonchev–Trinajstić information content (AvgIpc) is 2.59. The van der Waals surface area contributed by atoms with Gasteiger partial charge in [-0.05, 0) is 36.8 Å². The van der Waals surface area contributed by atoms with Gasteiger partial charge in [-0.15, -0.1) is 24.8 Å². The van der Waals surface area contributed by atoms with Crippen molar-refractivity contribution in [3.8, 4) is 0 Å². The summed E-state index contributed by atoms with van der Waals surface area (Å²) in [5.74, 6) is -0.172. The van der Waals surface area contributed by atoms with Crippen molar-refractivity contribution in [3.63, 3.8) is 0 Å². The molecule has 0 aliphatic carbocycles. The maximum Gasteiger partial charge on any atom is 0.258 e. The summed E-state index contributed by atoms with van der Waals surface area (Å²) in [4.78, 5) is 29.5. The summed E-state index contributed by atoms with van der Waals surface area (Å²) in [5, 5.41) is 2.82. The number of hydrogen-bond acceptors (Lipinski definition) is 4. The molecule has 1 heterocycles. The minimum atomic E-state index is -0.153. The van der Waals surface area contributed by atoms with E-state index in [9.17, 15) is 9.59 Å². The van der Waals surface area contributed by atoms with Crippen LogP contribution in [0, 0.1) is 0 Å². The van der Waals surface area contributed by atoms with Crippen molar-refractivity contribution in [2.75, 3.05) is 11.9 Å². The van der Waals surface area contributed by atoms with E-state index in [2.05, 4.69) is 10.3 Å². The molecule has 0 aliphatic rings. The zero-order chi connectivity index (χ0) is 17.5. The molecule has 142 valence electrons. The summed E-state index contributed by atoms with van der Waals surface area (Å²) < 4.78 is 0. The van der Waals surface area contributed by atoms with E-state index >= 15 is 0 Å². The van der Waals surface area contributed by atoms with Gasteiger partial charge < -0.3 is 16.0 Å². The number of rotatable bonds is 6. The molecule has 1 atom stereocenters. The van der Waals surface area contributed by atoms with Gasteiger partial charge in [-0.25, -0.2) is 0 Å². The summed E-state index contributed by atoms with van der Waals surface area (Å²) in [5.41, 5.74) is 7.91. The molecular weight excluding hydrogens is 375 g/mol. The second-order valence-corrected chi connectivity index (χ2v) is 5.72. The number of amides is 2. The summed E-state index contributed by atoms with van der Waals surface area (Å²) in [6, 6.07) is 10.7. The van der Waals surface area contributed by atoms with Crippen LogP contribution in [0.5, 0.6) is 0 Å². The Morgan fingerprint density at radius 1 is 1.12 bits per heavy atom. The first-order chi connectivity index (χ1) is 11.5. The Balaban J connectivity index is 0.00000312. The number of carbonyl (C=O) groups excluding carboxylic acids is 2. The lowest BCUT2D eigenvalue weighted by molar-refractivity contribution is -0.121. The van der Waals surface area contributed by atoms with Gasteiger partial charge in [-0.3, -0.25) is 14.6 Å². The summed E-state index contributed by atoms with van der Waals surface area (Å²) >= 11 is 0. The van der Waals surface area contributed by atoms with Crippen LogP contribution in [0.15, 0.2) is 48.8 Å². The number of halogens is 2. The Morgan fingerprint density at radius 3 is 2.23 bits per heavy atom. The Bertz CT molecular complexity index is 694. The first kappa shape index (κ1) is 23.9. The SMILES string of the molecule is CC(N)CC(=O)NCc1ccc(N(C)C(=O)c2ccncc2)cc1.Cl.Cl. The van der Waals surface area contributed by atoms with Gasteiger partial charge in [0.1, 0.15) is 0 Å². The number of benzene rings is 1. The van der Waals surface area contributed by atoms with Crippen molar-refractivity contribution >= 4 is 42.3 Å². The molecule has 0 spiro atoms. The van der Waals surface area contributed by atoms with Crippen LogP contribution in [0.4, 0.5) is 5.69 Å². The molecular formula is C18H24Cl2N4O2. The van der Waals surface area contributed by atoms with E-state index in [-0.39, 0.29) is 42.7 Å². The summed E-state index contributed by atoms with van der Waals surface area (Å²) in [7, 11) is 1.72. The summed E-state index contributed by atoms with van der Waals surface area (Å²) in [6.07, 6.45) is 3.49. The molecule has 2 amide bonds. The van der Waals surface area contributed by atoms with E-state index in [1.807, 2.05) is 24.3 Å². The Hall–Kier alpha value is -2.15. The lowest BCUT2D eigenvalue weighted by atomic mass is 10.1. The molecule has 1 unspecified atom stereocenters. The van der Waals surface area contributed by atoms with Gasteiger partial charge in [0.25, 0.3) is 5.91 Å². The van der Waals surface area contributed by atoms with Gasteiger partial charge in [-0.1, -0.05) is 12.1 Å². The fourth-order valence-electron chi connectivity index (χ4n) is 2.21. The van der Waals surface area contributed by atoms with E-state index in [1.54, 1.807) is 43.4 Å². The van der Waals surface area contributed by atoms with Crippen LogP contribution in [-0.4, -0.2) is 29.9 Å². The zero-order valence-electron chi connectivity index (χ0n) is 14.7. The fourth-order valence-corrected chi connectivity index (χ4v) is 2.21. The maximum atomic E-state index is 12.4. The quantitative estimate of drug-likeness (QED) is 0.782. The molecule has 26 heavy (non-hydrogen) atoms. The largest absolute Gasteiger partial charge is 0.352 e. The molecule has 0 aliphatic heterocycles. The molecule has 0 saturated heterocycles.